The zero-order valence-electron chi connectivity index (χ0n) is 20.5. The number of amides is 3. The molecule has 0 heterocycles. The number of aliphatic carboxylic acids is 1. The van der Waals surface area contributed by atoms with Crippen LogP contribution in [0.25, 0.3) is 0 Å². The largest absolute Gasteiger partial charge is 0.480 e. The number of benzene rings is 2. The van der Waals surface area contributed by atoms with Gasteiger partial charge in [-0.25, -0.2) is 4.79 Å². The molecular formula is C26H26Cl2F3N3O5. The van der Waals surface area contributed by atoms with Crippen LogP contribution in [0.4, 0.5) is 18.9 Å². The minimum atomic E-state index is -5.03. The van der Waals surface area contributed by atoms with Gasteiger partial charge in [0, 0.05) is 18.7 Å². The third-order valence-electron chi connectivity index (χ3n) is 6.63. The van der Waals surface area contributed by atoms with E-state index >= 15 is 0 Å². The molecule has 3 rings (SSSR count). The Morgan fingerprint density at radius 3 is 2.10 bits per heavy atom. The lowest BCUT2D eigenvalue weighted by atomic mass is 9.81. The van der Waals surface area contributed by atoms with Crippen molar-refractivity contribution in [3.63, 3.8) is 0 Å². The lowest BCUT2D eigenvalue weighted by Crippen LogP contribution is -2.50. The van der Waals surface area contributed by atoms with Crippen LogP contribution in [0.1, 0.15) is 48.0 Å². The molecule has 0 aromatic heterocycles. The van der Waals surface area contributed by atoms with Crippen LogP contribution < -0.4 is 16.0 Å². The Morgan fingerprint density at radius 1 is 0.974 bits per heavy atom. The number of hydrogen-bond donors (Lipinski definition) is 4. The van der Waals surface area contributed by atoms with Crippen LogP contribution in [0.2, 0.25) is 10.0 Å². The summed E-state index contributed by atoms with van der Waals surface area (Å²) < 4.78 is 37.4. The van der Waals surface area contributed by atoms with Crippen molar-refractivity contribution >= 4 is 52.6 Å². The molecule has 2 aromatic carbocycles. The van der Waals surface area contributed by atoms with Crippen molar-refractivity contribution in [1.82, 2.24) is 10.6 Å². The van der Waals surface area contributed by atoms with Crippen LogP contribution in [0, 0.1) is 5.41 Å². The molecule has 0 saturated heterocycles. The van der Waals surface area contributed by atoms with Gasteiger partial charge < -0.3 is 21.1 Å². The van der Waals surface area contributed by atoms with Crippen LogP contribution in [0.5, 0.6) is 0 Å². The fraction of sp³-hybridized carbons (Fsp3) is 0.385. The lowest BCUT2D eigenvalue weighted by molar-refractivity contribution is -0.173. The predicted molar refractivity (Wildman–Crippen MR) is 139 cm³/mol. The molecule has 4 N–H and O–H groups in total. The van der Waals surface area contributed by atoms with Gasteiger partial charge in [0.25, 0.3) is 5.91 Å². The maximum absolute atomic E-state index is 13.1. The highest BCUT2D eigenvalue weighted by atomic mass is 35.5. The number of carbonyl (C=O) groups excluding carboxylic acids is 3. The quantitative estimate of drug-likeness (QED) is 0.312. The number of nitrogens with one attached hydrogen (secondary N) is 3. The Kier molecular flexibility index (Phi) is 9.84. The first-order valence-corrected chi connectivity index (χ1v) is 12.8. The van der Waals surface area contributed by atoms with Gasteiger partial charge in [-0.15, -0.1) is 0 Å². The summed E-state index contributed by atoms with van der Waals surface area (Å²) in [6.07, 6.45) is -3.09. The molecule has 13 heteroatoms. The first kappa shape index (κ1) is 30.2. The highest BCUT2D eigenvalue weighted by Crippen LogP contribution is 2.41. The molecule has 0 bridgehead atoms. The summed E-state index contributed by atoms with van der Waals surface area (Å²) in [6, 6.07) is 9.64. The summed E-state index contributed by atoms with van der Waals surface area (Å²) >= 11 is 12.1. The van der Waals surface area contributed by atoms with Gasteiger partial charge in [-0.3, -0.25) is 14.4 Å². The monoisotopic (exact) mass is 587 g/mol. The molecule has 0 radical (unpaired) electrons. The van der Waals surface area contributed by atoms with Gasteiger partial charge in [0.1, 0.15) is 6.04 Å². The standard InChI is InChI=1S/C26H26Cl2F3N3O5/c27-17-4-3-5-18(28)20(17)21(35)33-16-8-6-15(7-9-16)14-19(22(36)37)34-23(38)25(10-1-2-11-25)12-13-32-24(39)26(29,30)31/h3-9,19H,1-2,10-14H2,(H,32,39)(H,33,35)(H,34,38)(H,36,37)/t19-/m0/s1. The average Bonchev–Trinajstić information content (AvgIpc) is 3.34. The number of carbonyl (C=O) groups is 4. The van der Waals surface area contributed by atoms with E-state index in [2.05, 4.69) is 10.6 Å². The molecule has 1 saturated carbocycles. The number of halogens is 5. The van der Waals surface area contributed by atoms with Gasteiger partial charge in [0.05, 0.1) is 21.0 Å². The van der Waals surface area contributed by atoms with E-state index in [9.17, 15) is 37.5 Å². The van der Waals surface area contributed by atoms with Crippen LogP contribution in [0.15, 0.2) is 42.5 Å². The smallest absolute Gasteiger partial charge is 0.471 e. The van der Waals surface area contributed by atoms with E-state index in [1.54, 1.807) is 35.6 Å². The Hall–Kier alpha value is -3.31. The molecule has 1 atom stereocenters. The number of anilines is 1. The fourth-order valence-electron chi connectivity index (χ4n) is 4.54. The molecule has 3 amide bonds. The van der Waals surface area contributed by atoms with Crippen molar-refractivity contribution < 1.29 is 37.5 Å². The van der Waals surface area contributed by atoms with Crippen molar-refractivity contribution in [2.45, 2.75) is 50.7 Å². The first-order valence-electron chi connectivity index (χ1n) is 12.1. The first-order chi connectivity index (χ1) is 18.3. The lowest BCUT2D eigenvalue weighted by Gasteiger charge is -2.29. The van der Waals surface area contributed by atoms with Crippen molar-refractivity contribution in [2.75, 3.05) is 11.9 Å². The molecule has 0 aliphatic heterocycles. The number of carboxylic acid groups (broad SMARTS) is 1. The normalized spacial score (nSPS) is 15.3. The van der Waals surface area contributed by atoms with E-state index in [1.807, 2.05) is 0 Å². The number of alkyl halides is 3. The average molecular weight is 588 g/mol. The minimum absolute atomic E-state index is 0.0448. The van der Waals surface area contributed by atoms with Crippen molar-refractivity contribution in [3.8, 4) is 0 Å². The second-order valence-corrected chi connectivity index (χ2v) is 10.1. The Labute approximate surface area is 232 Å². The molecule has 0 unspecified atom stereocenters. The van der Waals surface area contributed by atoms with E-state index in [-0.39, 0.29) is 35.0 Å². The molecule has 1 aliphatic carbocycles. The van der Waals surface area contributed by atoms with Gasteiger partial charge in [0.2, 0.25) is 5.91 Å². The maximum Gasteiger partial charge on any atom is 0.471 e. The van der Waals surface area contributed by atoms with Gasteiger partial charge >= 0.3 is 18.1 Å². The maximum atomic E-state index is 13.1. The molecule has 0 spiro atoms. The van der Waals surface area contributed by atoms with Gasteiger partial charge in [-0.1, -0.05) is 54.2 Å². The molecule has 1 aliphatic rings. The number of carboxylic acids is 1. The van der Waals surface area contributed by atoms with Crippen LogP contribution in [-0.4, -0.2) is 47.6 Å². The molecule has 8 nitrogen and oxygen atoms in total. The summed E-state index contributed by atoms with van der Waals surface area (Å²) in [5.41, 5.74) is -0.00558. The summed E-state index contributed by atoms with van der Waals surface area (Å²) in [6.45, 7) is -0.365. The minimum Gasteiger partial charge on any atom is -0.480 e. The third-order valence-corrected chi connectivity index (χ3v) is 7.26. The van der Waals surface area contributed by atoms with E-state index in [0.717, 1.165) is 0 Å². The number of rotatable bonds is 10. The molecular weight excluding hydrogens is 562 g/mol. The zero-order chi connectivity index (χ0) is 28.8. The Bertz CT molecular complexity index is 1210. The highest BCUT2D eigenvalue weighted by Gasteiger charge is 2.43. The van der Waals surface area contributed by atoms with E-state index in [1.165, 1.54) is 12.1 Å². The Balaban J connectivity index is 1.63. The highest BCUT2D eigenvalue weighted by molar-refractivity contribution is 6.40. The fourth-order valence-corrected chi connectivity index (χ4v) is 5.11. The van der Waals surface area contributed by atoms with E-state index < -0.39 is 41.3 Å². The van der Waals surface area contributed by atoms with Crippen LogP contribution in [0.3, 0.4) is 0 Å². The number of hydrogen-bond acceptors (Lipinski definition) is 4. The van der Waals surface area contributed by atoms with Gasteiger partial charge in [0.15, 0.2) is 0 Å². The van der Waals surface area contributed by atoms with E-state index in [0.29, 0.717) is 36.9 Å². The van der Waals surface area contributed by atoms with Crippen molar-refractivity contribution in [2.24, 2.45) is 5.41 Å². The van der Waals surface area contributed by atoms with Crippen LogP contribution in [-0.2, 0) is 20.8 Å². The van der Waals surface area contributed by atoms with Gasteiger partial charge in [-0.2, -0.15) is 13.2 Å². The van der Waals surface area contributed by atoms with Crippen LogP contribution >= 0.6 is 23.2 Å². The predicted octanol–water partition coefficient (Wildman–Crippen LogP) is 4.99. The van der Waals surface area contributed by atoms with Crippen molar-refractivity contribution in [1.29, 1.82) is 0 Å². The van der Waals surface area contributed by atoms with Gasteiger partial charge in [-0.05, 0) is 49.1 Å². The summed E-state index contributed by atoms with van der Waals surface area (Å²) in [4.78, 5) is 48.7. The summed E-state index contributed by atoms with van der Waals surface area (Å²) in [5, 5.41) is 17.0. The molecule has 210 valence electrons. The summed E-state index contributed by atoms with van der Waals surface area (Å²) in [5.74, 6) is -4.47. The zero-order valence-corrected chi connectivity index (χ0v) is 22.1. The molecule has 2 aromatic rings. The third kappa shape index (κ3) is 7.86. The second-order valence-electron chi connectivity index (χ2n) is 9.31. The molecule has 39 heavy (non-hydrogen) atoms. The summed E-state index contributed by atoms with van der Waals surface area (Å²) in [7, 11) is 0. The SMILES string of the molecule is O=C(Nc1ccc(C[C@H](NC(=O)C2(CCNC(=O)C(F)(F)F)CCCC2)C(=O)O)cc1)c1c(Cl)cccc1Cl. The van der Waals surface area contributed by atoms with Crippen molar-refractivity contribution in [3.05, 3.63) is 63.6 Å². The second kappa shape index (κ2) is 12.7. The van der Waals surface area contributed by atoms with E-state index in [4.69, 9.17) is 23.2 Å². The Morgan fingerprint density at radius 2 is 1.56 bits per heavy atom. The topological polar surface area (TPSA) is 125 Å². The molecule has 1 fully saturated rings.